The summed E-state index contributed by atoms with van der Waals surface area (Å²) in [5.74, 6) is -1.17. The van der Waals surface area contributed by atoms with Gasteiger partial charge in [-0.2, -0.15) is 0 Å². The lowest BCUT2D eigenvalue weighted by Gasteiger charge is -2.36. The minimum absolute atomic E-state index is 0.00867. The number of aliphatic hydroxyl groups is 1. The number of carbonyl (C=O) groups excluding carboxylic acids is 4. The summed E-state index contributed by atoms with van der Waals surface area (Å²) in [6.45, 7) is 9.93. The highest BCUT2D eigenvalue weighted by Gasteiger charge is 2.32. The Bertz CT molecular complexity index is 1240. The van der Waals surface area contributed by atoms with Crippen LogP contribution in [0.5, 0.6) is 0 Å². The Kier molecular flexibility index (Phi) is 11.4. The average Bonchev–Trinajstić information content (AvgIpc) is 2.94. The number of piperazine rings is 1. The number of hydrogen-bond acceptors (Lipinski definition) is 9. The second-order valence-electron chi connectivity index (χ2n) is 11.1. The van der Waals surface area contributed by atoms with Crippen LogP contribution in [0.3, 0.4) is 0 Å². The van der Waals surface area contributed by atoms with Gasteiger partial charge >= 0.3 is 12.1 Å². The minimum Gasteiger partial charge on any atom is -0.460 e. The Morgan fingerprint density at radius 1 is 1.02 bits per heavy atom. The molecule has 2 N–H and O–H groups in total. The van der Waals surface area contributed by atoms with Crippen molar-refractivity contribution in [1.29, 1.82) is 0 Å². The summed E-state index contributed by atoms with van der Waals surface area (Å²) in [6, 6.07) is 9.57. The van der Waals surface area contributed by atoms with Gasteiger partial charge in [0.25, 0.3) is 5.91 Å². The predicted octanol–water partition coefficient (Wildman–Crippen LogP) is 2.59. The lowest BCUT2D eigenvalue weighted by atomic mass is 10.1. The first kappa shape index (κ1) is 32.5. The normalized spacial score (nSPS) is 15.0. The molecule has 1 aliphatic heterocycles. The highest BCUT2D eigenvalue weighted by molar-refractivity contribution is 5.96. The fraction of sp³-hybridized carbons (Fsp3) is 0.533. The van der Waals surface area contributed by atoms with E-state index >= 15 is 0 Å². The highest BCUT2D eigenvalue weighted by Crippen LogP contribution is 2.18. The average molecular weight is 584 g/mol. The van der Waals surface area contributed by atoms with Crippen LogP contribution < -0.4 is 5.32 Å². The Balaban J connectivity index is 1.82. The second kappa shape index (κ2) is 14.7. The number of esters is 1. The van der Waals surface area contributed by atoms with Crippen molar-refractivity contribution < 1.29 is 33.8 Å². The molecule has 3 amide bonds. The van der Waals surface area contributed by atoms with E-state index in [1.165, 1.54) is 11.0 Å². The van der Waals surface area contributed by atoms with Gasteiger partial charge in [-0.05, 0) is 47.1 Å². The van der Waals surface area contributed by atoms with E-state index in [1.54, 1.807) is 39.5 Å². The highest BCUT2D eigenvalue weighted by atomic mass is 16.6. The Morgan fingerprint density at radius 3 is 2.26 bits per heavy atom. The quantitative estimate of drug-likeness (QED) is 0.402. The standard InChI is InChI=1S/C30H41N5O7/c1-6-41-29(40)35-16-14-34(15-17-35)28(39)23(12-13-25(37)42-30(3,4)5)33-27(38)24-19-22(18-20(2)36)31-26(32-24)21-10-8-7-9-11-21/h7-11,19-20,23,36H,6,12-18H2,1-5H3,(H,33,38). The Labute approximate surface area is 246 Å². The smallest absolute Gasteiger partial charge is 0.409 e. The SMILES string of the molecule is CCOC(=O)N1CCN(C(=O)C(CCC(=O)OC(C)(C)C)NC(=O)c2cc(CC(C)O)nc(-c3ccccc3)n2)CC1. The molecule has 0 saturated carbocycles. The molecule has 2 aromatic rings. The summed E-state index contributed by atoms with van der Waals surface area (Å²) in [4.78, 5) is 63.8. The summed E-state index contributed by atoms with van der Waals surface area (Å²) in [5, 5.41) is 12.7. The van der Waals surface area contributed by atoms with Gasteiger partial charge in [-0.1, -0.05) is 30.3 Å². The fourth-order valence-corrected chi connectivity index (χ4v) is 4.43. The third-order valence-electron chi connectivity index (χ3n) is 6.33. The zero-order valence-corrected chi connectivity index (χ0v) is 25.0. The third kappa shape index (κ3) is 9.79. The second-order valence-corrected chi connectivity index (χ2v) is 11.1. The first-order valence-electron chi connectivity index (χ1n) is 14.2. The van der Waals surface area contributed by atoms with Crippen LogP contribution in [0.2, 0.25) is 0 Å². The molecule has 0 bridgehead atoms. The number of benzene rings is 1. The molecule has 2 unspecified atom stereocenters. The molecule has 228 valence electrons. The van der Waals surface area contributed by atoms with Gasteiger partial charge in [-0.25, -0.2) is 14.8 Å². The lowest BCUT2D eigenvalue weighted by molar-refractivity contribution is -0.155. The van der Waals surface area contributed by atoms with E-state index in [9.17, 15) is 24.3 Å². The van der Waals surface area contributed by atoms with Crippen molar-refractivity contribution in [2.45, 2.75) is 71.6 Å². The molecule has 1 aromatic heterocycles. The van der Waals surface area contributed by atoms with Gasteiger partial charge < -0.3 is 29.7 Å². The van der Waals surface area contributed by atoms with E-state index in [0.29, 0.717) is 17.1 Å². The summed E-state index contributed by atoms with van der Waals surface area (Å²) >= 11 is 0. The number of rotatable bonds is 10. The number of ether oxygens (including phenoxy) is 2. The van der Waals surface area contributed by atoms with Crippen molar-refractivity contribution >= 4 is 23.9 Å². The molecule has 1 aliphatic rings. The molecule has 2 atom stereocenters. The van der Waals surface area contributed by atoms with Crippen LogP contribution in [0.1, 0.15) is 63.6 Å². The maximum atomic E-state index is 13.6. The molecule has 12 nitrogen and oxygen atoms in total. The number of hydrogen-bond donors (Lipinski definition) is 2. The topological polar surface area (TPSA) is 151 Å². The number of amides is 3. The number of carbonyl (C=O) groups is 4. The molecular weight excluding hydrogens is 542 g/mol. The molecule has 1 saturated heterocycles. The van der Waals surface area contributed by atoms with Gasteiger partial charge in [0.05, 0.1) is 12.7 Å². The van der Waals surface area contributed by atoms with Crippen molar-refractivity contribution in [2.24, 2.45) is 0 Å². The van der Waals surface area contributed by atoms with E-state index in [4.69, 9.17) is 9.47 Å². The largest absolute Gasteiger partial charge is 0.460 e. The first-order chi connectivity index (χ1) is 19.9. The molecule has 1 aromatic carbocycles. The lowest BCUT2D eigenvalue weighted by Crippen LogP contribution is -2.56. The van der Waals surface area contributed by atoms with Crippen molar-refractivity contribution in [3.63, 3.8) is 0 Å². The first-order valence-corrected chi connectivity index (χ1v) is 14.2. The van der Waals surface area contributed by atoms with E-state index in [2.05, 4.69) is 15.3 Å². The molecule has 42 heavy (non-hydrogen) atoms. The number of nitrogens with zero attached hydrogens (tertiary/aromatic N) is 4. The maximum absolute atomic E-state index is 13.6. The monoisotopic (exact) mass is 583 g/mol. The van der Waals surface area contributed by atoms with Gasteiger partial charge in [0.1, 0.15) is 17.3 Å². The molecule has 2 heterocycles. The predicted molar refractivity (Wildman–Crippen MR) is 154 cm³/mol. The van der Waals surface area contributed by atoms with Crippen LogP contribution >= 0.6 is 0 Å². The van der Waals surface area contributed by atoms with Gasteiger partial charge in [0, 0.05) is 50.3 Å². The number of aromatic nitrogens is 2. The molecular formula is C30H41N5O7. The van der Waals surface area contributed by atoms with Crippen molar-refractivity contribution in [3.05, 3.63) is 47.8 Å². The zero-order chi connectivity index (χ0) is 30.9. The van der Waals surface area contributed by atoms with Crippen LogP contribution in [-0.4, -0.2) is 99.3 Å². The fourth-order valence-electron chi connectivity index (χ4n) is 4.43. The summed E-state index contributed by atoms with van der Waals surface area (Å²) in [6.07, 6.45) is -1.02. The summed E-state index contributed by atoms with van der Waals surface area (Å²) in [5.41, 5.74) is 0.492. The molecule has 3 rings (SSSR count). The van der Waals surface area contributed by atoms with Crippen LogP contribution in [0.4, 0.5) is 4.79 Å². The van der Waals surface area contributed by atoms with E-state index in [0.717, 1.165) is 0 Å². The van der Waals surface area contributed by atoms with Gasteiger partial charge in [-0.3, -0.25) is 14.4 Å². The molecule has 0 aliphatic carbocycles. The Morgan fingerprint density at radius 2 is 1.67 bits per heavy atom. The van der Waals surface area contributed by atoms with Gasteiger partial charge in [0.15, 0.2) is 5.82 Å². The van der Waals surface area contributed by atoms with Gasteiger partial charge in [-0.15, -0.1) is 0 Å². The molecule has 0 spiro atoms. The number of nitrogens with one attached hydrogen (secondary N) is 1. The van der Waals surface area contributed by atoms with E-state index in [-0.39, 0.29) is 63.6 Å². The van der Waals surface area contributed by atoms with Crippen molar-refractivity contribution in [3.8, 4) is 11.4 Å². The third-order valence-corrected chi connectivity index (χ3v) is 6.33. The Hall–Kier alpha value is -4.06. The molecule has 12 heteroatoms. The van der Waals surface area contributed by atoms with Crippen LogP contribution in [0, 0.1) is 0 Å². The van der Waals surface area contributed by atoms with Crippen LogP contribution in [0.25, 0.3) is 11.4 Å². The molecule has 1 fully saturated rings. The van der Waals surface area contributed by atoms with Crippen molar-refractivity contribution in [1.82, 2.24) is 25.1 Å². The summed E-state index contributed by atoms with van der Waals surface area (Å²) < 4.78 is 10.5. The number of aliphatic hydroxyl groups excluding tert-OH is 1. The zero-order valence-electron chi connectivity index (χ0n) is 25.0. The maximum Gasteiger partial charge on any atom is 0.409 e. The summed E-state index contributed by atoms with van der Waals surface area (Å²) in [7, 11) is 0. The molecule has 0 radical (unpaired) electrons. The van der Waals surface area contributed by atoms with E-state index in [1.807, 2.05) is 30.3 Å². The van der Waals surface area contributed by atoms with Crippen molar-refractivity contribution in [2.75, 3.05) is 32.8 Å². The van der Waals surface area contributed by atoms with Gasteiger partial charge in [0.2, 0.25) is 5.91 Å². The van der Waals surface area contributed by atoms with Crippen LogP contribution in [0.15, 0.2) is 36.4 Å². The van der Waals surface area contributed by atoms with Crippen LogP contribution in [-0.2, 0) is 25.5 Å². The van der Waals surface area contributed by atoms with E-state index < -0.39 is 35.7 Å². The minimum atomic E-state index is -1.05.